The van der Waals surface area contributed by atoms with E-state index in [-0.39, 0.29) is 5.92 Å². The Labute approximate surface area is 124 Å². The zero-order valence-corrected chi connectivity index (χ0v) is 13.7. The molecule has 0 saturated carbocycles. The smallest absolute Gasteiger partial charge is 0.0671 e. The summed E-state index contributed by atoms with van der Waals surface area (Å²) in [4.78, 5) is 2.15. The summed E-state index contributed by atoms with van der Waals surface area (Å²) >= 11 is 3.52. The molecule has 1 aromatic carbocycles. The van der Waals surface area contributed by atoms with E-state index in [1.807, 2.05) is 14.0 Å². The van der Waals surface area contributed by atoms with Crippen molar-refractivity contribution in [2.24, 2.45) is 5.92 Å². The van der Waals surface area contributed by atoms with E-state index in [9.17, 15) is 0 Å². The van der Waals surface area contributed by atoms with Crippen molar-refractivity contribution >= 4 is 21.6 Å². The van der Waals surface area contributed by atoms with Gasteiger partial charge in [0, 0.05) is 29.8 Å². The lowest BCUT2D eigenvalue weighted by atomic mass is 10.0. The minimum atomic E-state index is 0.0197. The fourth-order valence-electron chi connectivity index (χ4n) is 2.18. The molecule has 0 aliphatic rings. The molecule has 3 nitrogen and oxygen atoms in total. The van der Waals surface area contributed by atoms with Crippen molar-refractivity contribution in [3.8, 4) is 6.07 Å². The summed E-state index contributed by atoms with van der Waals surface area (Å²) in [6.07, 6.45) is 0. The Morgan fingerprint density at radius 3 is 2.68 bits per heavy atom. The molecule has 0 heterocycles. The normalized spacial score (nSPS) is 13.7. The molecule has 1 aromatic rings. The molecular formula is C15H22BrN3. The first kappa shape index (κ1) is 16.0. The molecule has 2 unspecified atom stereocenters. The van der Waals surface area contributed by atoms with Crippen LogP contribution in [0.4, 0.5) is 5.69 Å². The number of benzene rings is 1. The summed E-state index contributed by atoms with van der Waals surface area (Å²) in [6.45, 7) is 7.89. The topological polar surface area (TPSA) is 39.1 Å². The molecule has 2 atom stereocenters. The average Bonchev–Trinajstić information content (AvgIpc) is 2.38. The number of halogens is 1. The second kappa shape index (κ2) is 7.52. The van der Waals surface area contributed by atoms with Crippen molar-refractivity contribution in [2.45, 2.75) is 26.8 Å². The fraction of sp³-hybridized carbons (Fsp3) is 0.533. The molecule has 19 heavy (non-hydrogen) atoms. The highest BCUT2D eigenvalue weighted by atomic mass is 79.9. The molecule has 0 bridgehead atoms. The number of nitriles is 1. The lowest BCUT2D eigenvalue weighted by Gasteiger charge is -2.26. The zero-order chi connectivity index (χ0) is 14.4. The van der Waals surface area contributed by atoms with Gasteiger partial charge in [-0.3, -0.25) is 0 Å². The number of nitrogens with one attached hydrogen (secondary N) is 1. The van der Waals surface area contributed by atoms with Gasteiger partial charge in [-0.1, -0.05) is 28.9 Å². The summed E-state index contributed by atoms with van der Waals surface area (Å²) in [5.74, 6) is 0.0197. The van der Waals surface area contributed by atoms with Crippen LogP contribution in [0.2, 0.25) is 0 Å². The predicted octanol–water partition coefficient (Wildman–Crippen LogP) is 3.72. The van der Waals surface area contributed by atoms with Gasteiger partial charge in [0.1, 0.15) is 0 Å². The van der Waals surface area contributed by atoms with Crippen LogP contribution >= 0.6 is 15.9 Å². The van der Waals surface area contributed by atoms with Crippen molar-refractivity contribution in [3.63, 3.8) is 0 Å². The zero-order valence-electron chi connectivity index (χ0n) is 12.1. The quantitative estimate of drug-likeness (QED) is 0.867. The standard InChI is InChI=1S/C15H22BrN3/c1-5-18-12(3)14-7-6-13(16)8-15(14)19(4)10-11(2)9-17/h6-8,11-12,18H,5,10H2,1-4H3. The fourth-order valence-corrected chi connectivity index (χ4v) is 2.53. The van der Waals surface area contributed by atoms with Gasteiger partial charge in [0.15, 0.2) is 0 Å². The minimum absolute atomic E-state index is 0.0197. The van der Waals surface area contributed by atoms with E-state index in [4.69, 9.17) is 5.26 Å². The van der Waals surface area contributed by atoms with Gasteiger partial charge >= 0.3 is 0 Å². The van der Waals surface area contributed by atoms with Crippen LogP contribution in [0.5, 0.6) is 0 Å². The highest BCUT2D eigenvalue weighted by molar-refractivity contribution is 9.10. The van der Waals surface area contributed by atoms with Crippen LogP contribution < -0.4 is 10.2 Å². The molecule has 0 amide bonds. The van der Waals surface area contributed by atoms with Gasteiger partial charge in [-0.05, 0) is 38.1 Å². The molecule has 0 aromatic heterocycles. The first-order valence-corrected chi connectivity index (χ1v) is 7.42. The van der Waals surface area contributed by atoms with Gasteiger partial charge in [0.05, 0.1) is 12.0 Å². The second-order valence-corrected chi connectivity index (χ2v) is 5.81. The van der Waals surface area contributed by atoms with Crippen LogP contribution in [0.3, 0.4) is 0 Å². The van der Waals surface area contributed by atoms with Gasteiger partial charge in [-0.2, -0.15) is 5.26 Å². The lowest BCUT2D eigenvalue weighted by molar-refractivity contribution is 0.595. The molecule has 0 spiro atoms. The first-order chi connectivity index (χ1) is 8.99. The summed E-state index contributed by atoms with van der Waals surface area (Å²) in [7, 11) is 2.04. The van der Waals surface area contributed by atoms with E-state index in [1.54, 1.807) is 0 Å². The van der Waals surface area contributed by atoms with Crippen molar-refractivity contribution in [1.82, 2.24) is 5.32 Å². The predicted molar refractivity (Wildman–Crippen MR) is 84.3 cm³/mol. The third-order valence-electron chi connectivity index (χ3n) is 3.15. The van der Waals surface area contributed by atoms with E-state index in [0.29, 0.717) is 6.04 Å². The van der Waals surface area contributed by atoms with Crippen molar-refractivity contribution in [1.29, 1.82) is 5.26 Å². The van der Waals surface area contributed by atoms with E-state index in [1.165, 1.54) is 11.3 Å². The second-order valence-electron chi connectivity index (χ2n) is 4.89. The first-order valence-electron chi connectivity index (χ1n) is 6.63. The summed E-state index contributed by atoms with van der Waals surface area (Å²) in [5.41, 5.74) is 2.43. The maximum Gasteiger partial charge on any atom is 0.0671 e. The van der Waals surface area contributed by atoms with Gasteiger partial charge in [-0.15, -0.1) is 0 Å². The van der Waals surface area contributed by atoms with Crippen LogP contribution in [0.25, 0.3) is 0 Å². The molecule has 0 fully saturated rings. The third kappa shape index (κ3) is 4.52. The van der Waals surface area contributed by atoms with Crippen LogP contribution in [-0.2, 0) is 0 Å². The number of anilines is 1. The largest absolute Gasteiger partial charge is 0.373 e. The summed E-state index contributed by atoms with van der Waals surface area (Å²) < 4.78 is 1.06. The van der Waals surface area contributed by atoms with Gasteiger partial charge in [0.2, 0.25) is 0 Å². The molecule has 1 N–H and O–H groups in total. The van der Waals surface area contributed by atoms with E-state index in [0.717, 1.165) is 17.6 Å². The maximum absolute atomic E-state index is 8.95. The number of nitrogens with zero attached hydrogens (tertiary/aromatic N) is 2. The Morgan fingerprint density at radius 1 is 1.42 bits per heavy atom. The highest BCUT2D eigenvalue weighted by Gasteiger charge is 2.15. The molecular weight excluding hydrogens is 302 g/mol. The van der Waals surface area contributed by atoms with Gasteiger partial charge in [0.25, 0.3) is 0 Å². The molecule has 104 valence electrons. The average molecular weight is 324 g/mol. The molecule has 0 aliphatic heterocycles. The number of rotatable bonds is 6. The van der Waals surface area contributed by atoms with Gasteiger partial charge < -0.3 is 10.2 Å². The molecule has 0 radical (unpaired) electrons. The molecule has 1 rings (SSSR count). The Kier molecular flexibility index (Phi) is 6.33. The number of hydrogen-bond donors (Lipinski definition) is 1. The Balaban J connectivity index is 3.03. The van der Waals surface area contributed by atoms with E-state index >= 15 is 0 Å². The van der Waals surface area contributed by atoms with Crippen LogP contribution in [0, 0.1) is 17.2 Å². The summed E-state index contributed by atoms with van der Waals surface area (Å²) in [6, 6.07) is 8.91. The molecule has 0 aliphatic carbocycles. The van der Waals surface area contributed by atoms with Crippen molar-refractivity contribution < 1.29 is 0 Å². The van der Waals surface area contributed by atoms with Crippen LogP contribution in [0.1, 0.15) is 32.4 Å². The number of hydrogen-bond acceptors (Lipinski definition) is 3. The SMILES string of the molecule is CCNC(C)c1ccc(Br)cc1N(C)CC(C)C#N. The van der Waals surface area contributed by atoms with Crippen LogP contribution in [-0.4, -0.2) is 20.1 Å². The van der Waals surface area contributed by atoms with Crippen molar-refractivity contribution in [3.05, 3.63) is 28.2 Å². The third-order valence-corrected chi connectivity index (χ3v) is 3.64. The summed E-state index contributed by atoms with van der Waals surface area (Å²) in [5, 5.41) is 12.4. The van der Waals surface area contributed by atoms with Crippen molar-refractivity contribution in [2.75, 3.05) is 25.0 Å². The lowest BCUT2D eigenvalue weighted by Crippen LogP contribution is -2.26. The monoisotopic (exact) mass is 323 g/mol. The Bertz CT molecular complexity index is 453. The maximum atomic E-state index is 8.95. The molecule has 0 saturated heterocycles. The minimum Gasteiger partial charge on any atom is -0.373 e. The van der Waals surface area contributed by atoms with Gasteiger partial charge in [-0.25, -0.2) is 0 Å². The Hall–Kier alpha value is -1.05. The molecule has 4 heteroatoms. The Morgan fingerprint density at radius 2 is 2.11 bits per heavy atom. The van der Waals surface area contributed by atoms with E-state index < -0.39 is 0 Å². The van der Waals surface area contributed by atoms with Crippen LogP contribution in [0.15, 0.2) is 22.7 Å². The van der Waals surface area contributed by atoms with E-state index in [2.05, 4.69) is 64.3 Å². The highest BCUT2D eigenvalue weighted by Crippen LogP contribution is 2.29.